The first-order chi connectivity index (χ1) is 14.7. The van der Waals surface area contributed by atoms with E-state index in [-0.39, 0.29) is 24.0 Å². The Labute approximate surface area is 185 Å². The highest BCUT2D eigenvalue weighted by Crippen LogP contribution is 2.27. The van der Waals surface area contributed by atoms with Crippen molar-refractivity contribution in [2.24, 2.45) is 11.8 Å². The molecular weight excluding hydrogens is 396 g/mol. The molecule has 31 heavy (non-hydrogen) atoms. The maximum atomic E-state index is 10.2. The summed E-state index contributed by atoms with van der Waals surface area (Å²) in [6.45, 7) is 7.96. The van der Waals surface area contributed by atoms with Gasteiger partial charge in [0.25, 0.3) is 0 Å². The van der Waals surface area contributed by atoms with Crippen molar-refractivity contribution in [1.82, 2.24) is 0 Å². The van der Waals surface area contributed by atoms with Crippen LogP contribution in [0.4, 0.5) is 0 Å². The maximum Gasteiger partial charge on any atom is 0.335 e. The van der Waals surface area contributed by atoms with E-state index in [4.69, 9.17) is 10.2 Å². The predicted octanol–water partition coefficient (Wildman–Crippen LogP) is 4.96. The van der Waals surface area contributed by atoms with E-state index in [0.29, 0.717) is 11.1 Å². The van der Waals surface area contributed by atoms with Crippen LogP contribution in [0.2, 0.25) is 0 Å². The summed E-state index contributed by atoms with van der Waals surface area (Å²) < 4.78 is 0. The SMILES string of the molecule is CCC(O)C(CC)C(CC)C(C)O.O=C(O)c1ccccc1.O=C(O)c1ccccc1. The lowest BCUT2D eigenvalue weighted by atomic mass is 9.80. The van der Waals surface area contributed by atoms with E-state index >= 15 is 0 Å². The number of aliphatic hydroxyl groups excluding tert-OH is 2. The molecule has 4 unspecified atom stereocenters. The van der Waals surface area contributed by atoms with Gasteiger partial charge in [-0.15, -0.1) is 0 Å². The zero-order valence-corrected chi connectivity index (χ0v) is 18.8. The van der Waals surface area contributed by atoms with Crippen LogP contribution < -0.4 is 0 Å². The number of carboxylic acids is 2. The molecule has 2 aromatic carbocycles. The van der Waals surface area contributed by atoms with Crippen LogP contribution in [0.25, 0.3) is 0 Å². The van der Waals surface area contributed by atoms with E-state index in [1.165, 1.54) is 0 Å². The summed E-state index contributed by atoms with van der Waals surface area (Å²) in [5, 5.41) is 36.1. The highest BCUT2D eigenvalue weighted by atomic mass is 16.4. The second kappa shape index (κ2) is 16.1. The van der Waals surface area contributed by atoms with Crippen molar-refractivity contribution < 1.29 is 30.0 Å². The number of carboxylic acid groups (broad SMARTS) is 2. The van der Waals surface area contributed by atoms with Gasteiger partial charge in [-0.2, -0.15) is 0 Å². The van der Waals surface area contributed by atoms with Crippen molar-refractivity contribution in [1.29, 1.82) is 0 Å². The third kappa shape index (κ3) is 11.3. The first-order valence-electron chi connectivity index (χ1n) is 10.6. The molecule has 0 heterocycles. The molecule has 0 aromatic heterocycles. The van der Waals surface area contributed by atoms with Gasteiger partial charge in [-0.25, -0.2) is 9.59 Å². The Hall–Kier alpha value is -2.70. The first-order valence-corrected chi connectivity index (χ1v) is 10.6. The number of aromatic carboxylic acids is 2. The van der Waals surface area contributed by atoms with Gasteiger partial charge in [0, 0.05) is 0 Å². The molecule has 0 aliphatic carbocycles. The summed E-state index contributed by atoms with van der Waals surface area (Å²) in [4.78, 5) is 20.4. The van der Waals surface area contributed by atoms with Crippen LogP contribution in [0.15, 0.2) is 60.7 Å². The molecule has 2 aromatic rings. The Morgan fingerprint density at radius 2 is 1.03 bits per heavy atom. The number of hydrogen-bond donors (Lipinski definition) is 4. The number of rotatable bonds is 8. The Morgan fingerprint density at radius 1 is 0.677 bits per heavy atom. The summed E-state index contributed by atoms with van der Waals surface area (Å²) >= 11 is 0. The fourth-order valence-electron chi connectivity index (χ4n) is 3.33. The summed E-state index contributed by atoms with van der Waals surface area (Å²) in [5.41, 5.74) is 0.662. The first kappa shape index (κ1) is 28.3. The van der Waals surface area contributed by atoms with E-state index in [9.17, 15) is 19.8 Å². The fraction of sp³-hybridized carbons (Fsp3) is 0.440. The van der Waals surface area contributed by atoms with E-state index < -0.39 is 11.9 Å². The van der Waals surface area contributed by atoms with Crippen molar-refractivity contribution in [3.8, 4) is 0 Å². The summed E-state index contributed by atoms with van der Waals surface area (Å²) in [5.74, 6) is -1.28. The van der Waals surface area contributed by atoms with Crippen LogP contribution in [-0.2, 0) is 0 Å². The van der Waals surface area contributed by atoms with Crippen LogP contribution in [0.3, 0.4) is 0 Å². The lowest BCUT2D eigenvalue weighted by molar-refractivity contribution is 0.00906. The smallest absolute Gasteiger partial charge is 0.335 e. The van der Waals surface area contributed by atoms with Crippen LogP contribution in [0.1, 0.15) is 67.7 Å². The van der Waals surface area contributed by atoms with Crippen molar-refractivity contribution in [3.05, 3.63) is 71.8 Å². The van der Waals surface area contributed by atoms with Crippen LogP contribution >= 0.6 is 0 Å². The van der Waals surface area contributed by atoms with Gasteiger partial charge in [0.1, 0.15) is 0 Å². The largest absolute Gasteiger partial charge is 0.478 e. The van der Waals surface area contributed by atoms with Crippen molar-refractivity contribution in [2.75, 3.05) is 0 Å². The van der Waals surface area contributed by atoms with Gasteiger partial charge in [0.05, 0.1) is 23.3 Å². The third-order valence-electron chi connectivity index (χ3n) is 5.07. The predicted molar refractivity (Wildman–Crippen MR) is 122 cm³/mol. The minimum Gasteiger partial charge on any atom is -0.478 e. The molecule has 0 amide bonds. The molecule has 0 aliphatic heterocycles. The molecule has 0 radical (unpaired) electrons. The maximum absolute atomic E-state index is 10.2. The molecule has 2 rings (SSSR count). The summed E-state index contributed by atoms with van der Waals surface area (Å²) in [6.07, 6.45) is 2.09. The lowest BCUT2D eigenvalue weighted by Gasteiger charge is -2.31. The van der Waals surface area contributed by atoms with Gasteiger partial charge in [-0.05, 0) is 49.4 Å². The number of carbonyl (C=O) groups is 2. The molecule has 4 N–H and O–H groups in total. The molecule has 0 bridgehead atoms. The fourth-order valence-corrected chi connectivity index (χ4v) is 3.33. The summed E-state index contributed by atoms with van der Waals surface area (Å²) in [6, 6.07) is 16.6. The van der Waals surface area contributed by atoms with Crippen molar-refractivity contribution >= 4 is 11.9 Å². The van der Waals surface area contributed by atoms with Gasteiger partial charge in [-0.1, -0.05) is 70.0 Å². The molecule has 4 atom stereocenters. The molecule has 0 aliphatic rings. The molecule has 172 valence electrons. The van der Waals surface area contributed by atoms with Crippen LogP contribution in [0, 0.1) is 11.8 Å². The van der Waals surface area contributed by atoms with E-state index in [1.807, 2.05) is 13.8 Å². The Morgan fingerprint density at radius 3 is 1.23 bits per heavy atom. The number of hydrogen-bond acceptors (Lipinski definition) is 4. The highest BCUT2D eigenvalue weighted by molar-refractivity contribution is 5.87. The van der Waals surface area contributed by atoms with E-state index in [0.717, 1.165) is 19.3 Å². The average Bonchev–Trinajstić information content (AvgIpc) is 2.78. The molecule has 6 heteroatoms. The minimum absolute atomic E-state index is 0.236. The topological polar surface area (TPSA) is 115 Å². The normalized spacial score (nSPS) is 13.9. The highest BCUT2D eigenvalue weighted by Gasteiger charge is 2.27. The average molecular weight is 433 g/mol. The third-order valence-corrected chi connectivity index (χ3v) is 5.07. The molecular formula is C25H36O6. The number of aliphatic hydroxyl groups is 2. The zero-order chi connectivity index (χ0) is 23.8. The molecule has 0 fully saturated rings. The second-order valence-corrected chi connectivity index (χ2v) is 7.20. The van der Waals surface area contributed by atoms with Gasteiger partial charge in [0.2, 0.25) is 0 Å². The number of benzene rings is 2. The van der Waals surface area contributed by atoms with Gasteiger partial charge in [0.15, 0.2) is 0 Å². The van der Waals surface area contributed by atoms with E-state index in [1.54, 1.807) is 60.7 Å². The lowest BCUT2D eigenvalue weighted by Crippen LogP contribution is -2.33. The van der Waals surface area contributed by atoms with Crippen LogP contribution in [-0.4, -0.2) is 44.6 Å². The van der Waals surface area contributed by atoms with Crippen molar-refractivity contribution in [3.63, 3.8) is 0 Å². The Kier molecular flexibility index (Phi) is 14.7. The summed E-state index contributed by atoms with van der Waals surface area (Å²) in [7, 11) is 0. The van der Waals surface area contributed by atoms with Crippen LogP contribution in [0.5, 0.6) is 0 Å². The van der Waals surface area contributed by atoms with Crippen molar-refractivity contribution in [2.45, 2.75) is 59.2 Å². The molecule has 0 saturated carbocycles. The minimum atomic E-state index is -0.879. The van der Waals surface area contributed by atoms with Gasteiger partial charge < -0.3 is 20.4 Å². The Balaban J connectivity index is 0.000000445. The quantitative estimate of drug-likeness (QED) is 0.469. The molecule has 6 nitrogen and oxygen atoms in total. The molecule has 0 spiro atoms. The van der Waals surface area contributed by atoms with Gasteiger partial charge >= 0.3 is 11.9 Å². The second-order valence-electron chi connectivity index (χ2n) is 7.20. The Bertz CT molecular complexity index is 681. The molecule has 0 saturated heterocycles. The van der Waals surface area contributed by atoms with E-state index in [2.05, 4.69) is 13.8 Å². The zero-order valence-electron chi connectivity index (χ0n) is 18.8. The monoisotopic (exact) mass is 432 g/mol. The standard InChI is InChI=1S/C11H24O2.2C7H6O2/c1-5-9(8(4)12)10(6-2)11(13)7-3;2*8-7(9)6-4-2-1-3-5-6/h8-13H,5-7H2,1-4H3;2*1-5H,(H,8,9). The van der Waals surface area contributed by atoms with Gasteiger partial charge in [-0.3, -0.25) is 0 Å².